The molecule has 1 aliphatic heterocycles. The van der Waals surface area contributed by atoms with Crippen LogP contribution < -0.4 is 16.0 Å². The fraction of sp³-hybridized carbons (Fsp3) is 0.500. The molecule has 1 aromatic carbocycles. The summed E-state index contributed by atoms with van der Waals surface area (Å²) in [6.07, 6.45) is 1.55. The number of amides is 1. The summed E-state index contributed by atoms with van der Waals surface area (Å²) in [6, 6.07) is 7.69. The molecule has 1 aromatic rings. The second-order valence-corrected chi connectivity index (χ2v) is 5.09. The molecular weight excluding hydrogens is 242 g/mol. The van der Waals surface area contributed by atoms with Crippen LogP contribution in [0.25, 0.3) is 0 Å². The van der Waals surface area contributed by atoms with Gasteiger partial charge in [0.2, 0.25) is 5.91 Å². The van der Waals surface area contributed by atoms with Gasteiger partial charge in [0.15, 0.2) is 0 Å². The zero-order valence-electron chi connectivity index (χ0n) is 11.5. The zero-order valence-corrected chi connectivity index (χ0v) is 11.5. The largest absolute Gasteiger partial charge is 0.497 e. The maximum atomic E-state index is 12.3. The van der Waals surface area contributed by atoms with E-state index in [4.69, 9.17) is 10.6 Å². The Morgan fingerprint density at radius 3 is 2.37 bits per heavy atom. The number of hydrazine groups is 1. The highest BCUT2D eigenvalue weighted by Gasteiger charge is 2.41. The average Bonchev–Trinajstić information content (AvgIpc) is 2.47. The van der Waals surface area contributed by atoms with Crippen LogP contribution >= 0.6 is 0 Å². The second-order valence-electron chi connectivity index (χ2n) is 5.09. The predicted molar refractivity (Wildman–Crippen MR) is 73.7 cm³/mol. The smallest absolute Gasteiger partial charge is 0.244 e. The first kappa shape index (κ1) is 13.8. The molecule has 0 bridgehead atoms. The van der Waals surface area contributed by atoms with Gasteiger partial charge < -0.3 is 9.64 Å². The molecule has 5 nitrogen and oxygen atoms in total. The molecule has 104 valence electrons. The number of hydrogen-bond donors (Lipinski definition) is 2. The van der Waals surface area contributed by atoms with Gasteiger partial charge in [-0.15, -0.1) is 0 Å². The zero-order chi connectivity index (χ0) is 13.9. The Labute approximate surface area is 113 Å². The summed E-state index contributed by atoms with van der Waals surface area (Å²) < 4.78 is 5.16. The second kappa shape index (κ2) is 5.59. The van der Waals surface area contributed by atoms with Crippen molar-refractivity contribution in [2.75, 3.05) is 27.2 Å². The summed E-state index contributed by atoms with van der Waals surface area (Å²) in [6.45, 7) is 1.78. The number of carbonyl (C=O) groups is 1. The molecule has 19 heavy (non-hydrogen) atoms. The van der Waals surface area contributed by atoms with E-state index in [1.54, 1.807) is 7.11 Å². The molecule has 1 amide bonds. The van der Waals surface area contributed by atoms with E-state index in [0.717, 1.165) is 37.2 Å². The first-order valence-corrected chi connectivity index (χ1v) is 6.46. The van der Waals surface area contributed by atoms with Gasteiger partial charge in [0.05, 0.1) is 12.5 Å². The van der Waals surface area contributed by atoms with Crippen LogP contribution in [-0.4, -0.2) is 38.1 Å². The van der Waals surface area contributed by atoms with E-state index < -0.39 is 5.41 Å². The molecule has 1 aliphatic rings. The van der Waals surface area contributed by atoms with Crippen LogP contribution in [0, 0.1) is 0 Å². The highest BCUT2D eigenvalue weighted by atomic mass is 16.5. The molecule has 1 heterocycles. The lowest BCUT2D eigenvalue weighted by molar-refractivity contribution is -0.128. The molecule has 0 aromatic heterocycles. The van der Waals surface area contributed by atoms with Crippen molar-refractivity contribution in [1.29, 1.82) is 0 Å². The Bertz CT molecular complexity index is 437. The van der Waals surface area contributed by atoms with E-state index in [1.807, 2.05) is 24.3 Å². The van der Waals surface area contributed by atoms with Crippen molar-refractivity contribution in [2.45, 2.75) is 18.3 Å². The third-order valence-electron chi connectivity index (χ3n) is 4.05. The van der Waals surface area contributed by atoms with Gasteiger partial charge in [0.1, 0.15) is 5.75 Å². The minimum absolute atomic E-state index is 0.106. The number of hydrogen-bond acceptors (Lipinski definition) is 4. The van der Waals surface area contributed by atoms with E-state index >= 15 is 0 Å². The lowest BCUT2D eigenvalue weighted by atomic mass is 9.72. The van der Waals surface area contributed by atoms with E-state index in [-0.39, 0.29) is 5.91 Å². The van der Waals surface area contributed by atoms with Crippen LogP contribution in [0.4, 0.5) is 0 Å². The number of piperidine rings is 1. The summed E-state index contributed by atoms with van der Waals surface area (Å²) >= 11 is 0. The number of nitrogens with one attached hydrogen (secondary N) is 1. The summed E-state index contributed by atoms with van der Waals surface area (Å²) in [5, 5.41) is 0. The van der Waals surface area contributed by atoms with Crippen molar-refractivity contribution in [1.82, 2.24) is 10.3 Å². The highest BCUT2D eigenvalue weighted by molar-refractivity contribution is 5.88. The molecule has 0 atom stereocenters. The van der Waals surface area contributed by atoms with Gasteiger partial charge in [-0.1, -0.05) is 12.1 Å². The Balaban J connectivity index is 2.34. The molecule has 1 saturated heterocycles. The summed E-state index contributed by atoms with van der Waals surface area (Å²) in [5.41, 5.74) is 2.81. The van der Waals surface area contributed by atoms with Crippen LogP contribution in [0.2, 0.25) is 0 Å². The van der Waals surface area contributed by atoms with Gasteiger partial charge in [0.25, 0.3) is 0 Å². The van der Waals surface area contributed by atoms with E-state index in [1.165, 1.54) is 0 Å². The van der Waals surface area contributed by atoms with Gasteiger partial charge >= 0.3 is 0 Å². The van der Waals surface area contributed by atoms with E-state index in [0.29, 0.717) is 0 Å². The summed E-state index contributed by atoms with van der Waals surface area (Å²) in [4.78, 5) is 14.5. The van der Waals surface area contributed by atoms with Crippen LogP contribution in [-0.2, 0) is 10.2 Å². The quantitative estimate of drug-likeness (QED) is 0.477. The first-order chi connectivity index (χ1) is 9.12. The SMILES string of the molecule is COc1ccc(C2(C(=O)NN)CCN(C)CC2)cc1. The molecule has 0 aliphatic carbocycles. The maximum absolute atomic E-state index is 12.3. The minimum Gasteiger partial charge on any atom is -0.497 e. The number of likely N-dealkylation sites (tertiary alicyclic amines) is 1. The van der Waals surface area contributed by atoms with Crippen LogP contribution in [0.15, 0.2) is 24.3 Å². The van der Waals surface area contributed by atoms with Crippen molar-refractivity contribution < 1.29 is 9.53 Å². The lowest BCUT2D eigenvalue weighted by Gasteiger charge is -2.39. The molecule has 0 unspecified atom stereocenters. The van der Waals surface area contributed by atoms with Gasteiger partial charge in [-0.25, -0.2) is 5.84 Å². The van der Waals surface area contributed by atoms with Gasteiger partial charge in [-0.2, -0.15) is 0 Å². The van der Waals surface area contributed by atoms with E-state index in [9.17, 15) is 4.79 Å². The molecule has 5 heteroatoms. The number of rotatable bonds is 3. The van der Waals surface area contributed by atoms with Crippen LogP contribution in [0.3, 0.4) is 0 Å². The van der Waals surface area contributed by atoms with Crippen LogP contribution in [0.1, 0.15) is 18.4 Å². The molecule has 2 rings (SSSR count). The van der Waals surface area contributed by atoms with E-state index in [2.05, 4.69) is 17.4 Å². The van der Waals surface area contributed by atoms with Crippen molar-refractivity contribution in [3.63, 3.8) is 0 Å². The molecule has 0 saturated carbocycles. The van der Waals surface area contributed by atoms with Crippen molar-refractivity contribution in [3.8, 4) is 5.75 Å². The van der Waals surface area contributed by atoms with Gasteiger partial charge in [-0.3, -0.25) is 10.2 Å². The number of nitrogens with two attached hydrogens (primary N) is 1. The first-order valence-electron chi connectivity index (χ1n) is 6.46. The Morgan fingerprint density at radius 1 is 1.32 bits per heavy atom. The molecule has 3 N–H and O–H groups in total. The summed E-state index contributed by atoms with van der Waals surface area (Å²) in [5.74, 6) is 6.06. The number of nitrogens with zero attached hydrogens (tertiary/aromatic N) is 1. The van der Waals surface area contributed by atoms with Gasteiger partial charge in [0, 0.05) is 0 Å². The number of carbonyl (C=O) groups excluding carboxylic acids is 1. The monoisotopic (exact) mass is 263 g/mol. The fourth-order valence-corrected chi connectivity index (χ4v) is 2.70. The van der Waals surface area contributed by atoms with Crippen molar-refractivity contribution >= 4 is 5.91 Å². The molecule has 0 radical (unpaired) electrons. The van der Waals surface area contributed by atoms with Crippen LogP contribution in [0.5, 0.6) is 5.75 Å². The molecule has 1 fully saturated rings. The topological polar surface area (TPSA) is 67.6 Å². The highest BCUT2D eigenvalue weighted by Crippen LogP contribution is 2.36. The third-order valence-corrected chi connectivity index (χ3v) is 4.05. The van der Waals surface area contributed by atoms with Crippen molar-refractivity contribution in [3.05, 3.63) is 29.8 Å². The minimum atomic E-state index is -0.520. The standard InChI is InChI=1S/C14H21N3O2/c1-17-9-7-14(8-10-17,13(18)16-15)11-3-5-12(19-2)6-4-11/h3-6H,7-10,15H2,1-2H3,(H,16,18). The Hall–Kier alpha value is -1.59. The molecular formula is C14H21N3O2. The fourth-order valence-electron chi connectivity index (χ4n) is 2.70. The number of benzene rings is 1. The number of methoxy groups -OCH3 is 1. The molecule has 0 spiro atoms. The third kappa shape index (κ3) is 2.57. The van der Waals surface area contributed by atoms with Crippen molar-refractivity contribution in [2.24, 2.45) is 5.84 Å². The lowest BCUT2D eigenvalue weighted by Crippen LogP contribution is -2.52. The normalized spacial score (nSPS) is 18.9. The summed E-state index contributed by atoms with van der Waals surface area (Å²) in [7, 11) is 3.70. The van der Waals surface area contributed by atoms with Gasteiger partial charge in [-0.05, 0) is 50.7 Å². The Kier molecular flexibility index (Phi) is 4.07. The predicted octanol–water partition coefficient (Wildman–Crippen LogP) is 0.649. The average molecular weight is 263 g/mol. The maximum Gasteiger partial charge on any atom is 0.244 e. The Morgan fingerprint density at radius 2 is 1.89 bits per heavy atom. The number of ether oxygens (including phenoxy) is 1.